The summed E-state index contributed by atoms with van der Waals surface area (Å²) < 4.78 is 98.7. The monoisotopic (exact) mass is 382 g/mol. The lowest BCUT2D eigenvalue weighted by Crippen LogP contribution is -2.35. The summed E-state index contributed by atoms with van der Waals surface area (Å²) in [5, 5.41) is 9.31. The summed E-state index contributed by atoms with van der Waals surface area (Å²) in [6, 6.07) is 1.57. The summed E-state index contributed by atoms with van der Waals surface area (Å²) in [4.78, 5) is 0. The van der Waals surface area contributed by atoms with Gasteiger partial charge in [0, 0.05) is 0 Å². The van der Waals surface area contributed by atoms with Gasteiger partial charge >= 0.3 is 6.18 Å². The van der Waals surface area contributed by atoms with Gasteiger partial charge in [0.25, 0.3) is 0 Å². The van der Waals surface area contributed by atoms with E-state index >= 15 is 0 Å². The van der Waals surface area contributed by atoms with Crippen molar-refractivity contribution in [3.8, 4) is 6.07 Å². The molecule has 0 saturated carbocycles. The molecule has 0 bridgehead atoms. The molecule has 5 nitrogen and oxygen atoms in total. The van der Waals surface area contributed by atoms with Gasteiger partial charge in [0.15, 0.2) is 23.3 Å². The first-order chi connectivity index (χ1) is 12.1. The maximum atomic E-state index is 14.2. The first-order valence-corrected chi connectivity index (χ1v) is 6.78. The zero-order valence-electron chi connectivity index (χ0n) is 12.8. The number of hydrazine groups is 1. The second kappa shape index (κ2) is 6.66. The van der Waals surface area contributed by atoms with E-state index in [-0.39, 0.29) is 11.6 Å². The van der Waals surface area contributed by atoms with Crippen molar-refractivity contribution in [1.29, 1.82) is 5.26 Å². The number of benzene rings is 1. The van der Waals surface area contributed by atoms with Crippen LogP contribution < -0.4 is 16.2 Å². The lowest BCUT2D eigenvalue weighted by molar-refractivity contribution is -0.143. The van der Waals surface area contributed by atoms with E-state index in [1.165, 1.54) is 6.92 Å². The molecule has 0 aliphatic carbocycles. The summed E-state index contributed by atoms with van der Waals surface area (Å²) in [5.74, 6) is -10.4. The van der Waals surface area contributed by atoms with Crippen LogP contribution in [0.1, 0.15) is 12.5 Å². The molecule has 1 aliphatic heterocycles. The van der Waals surface area contributed by atoms with Crippen LogP contribution in [0.4, 0.5) is 36.4 Å². The third-order valence-corrected chi connectivity index (χ3v) is 3.22. The number of nitrogens with one attached hydrogen (secondary N) is 1. The molecular formula is C14H9F7N4O. The summed E-state index contributed by atoms with van der Waals surface area (Å²) >= 11 is 0. The molecule has 1 heterocycles. The average Bonchev–Trinajstić information content (AvgIpc) is 2.85. The number of ether oxygens (including phenoxy) is 1. The standard InChI is InChI=1S/C14H9F7N4O/c1-2-26-4-6-5(3-22)13(23)24-25(6)12-10(17)8(15)7(14(19,20)21)9(16)11(12)18/h4,24H,2,23H2,1H3. The van der Waals surface area contributed by atoms with E-state index in [0.717, 1.165) is 6.26 Å². The smallest absolute Gasteiger partial charge is 0.422 e. The number of rotatable bonds is 3. The van der Waals surface area contributed by atoms with Crippen molar-refractivity contribution < 1.29 is 35.5 Å². The highest BCUT2D eigenvalue weighted by Gasteiger charge is 2.44. The van der Waals surface area contributed by atoms with Gasteiger partial charge in [-0.2, -0.15) is 18.4 Å². The van der Waals surface area contributed by atoms with E-state index in [2.05, 4.69) is 0 Å². The Morgan fingerprint density at radius 1 is 1.15 bits per heavy atom. The van der Waals surface area contributed by atoms with Gasteiger partial charge in [-0.3, -0.25) is 5.43 Å². The van der Waals surface area contributed by atoms with Crippen LogP contribution in [0.2, 0.25) is 0 Å². The van der Waals surface area contributed by atoms with Crippen molar-refractivity contribution in [1.82, 2.24) is 5.43 Å². The molecule has 1 aromatic rings. The minimum absolute atomic E-state index is 0.0383. The van der Waals surface area contributed by atoms with Gasteiger partial charge in [-0.1, -0.05) is 0 Å². The number of nitrogens with two attached hydrogens (primary N) is 1. The number of hydrogen-bond acceptors (Lipinski definition) is 5. The third kappa shape index (κ3) is 2.96. The molecule has 0 spiro atoms. The Morgan fingerprint density at radius 3 is 2.12 bits per heavy atom. The van der Waals surface area contributed by atoms with Crippen molar-refractivity contribution in [3.63, 3.8) is 0 Å². The summed E-state index contributed by atoms with van der Waals surface area (Å²) in [6.45, 7) is 1.55. The van der Waals surface area contributed by atoms with Gasteiger partial charge in [-0.25, -0.2) is 22.6 Å². The van der Waals surface area contributed by atoms with Crippen molar-refractivity contribution >= 4 is 5.69 Å². The number of alkyl halides is 3. The van der Waals surface area contributed by atoms with E-state index < -0.39 is 57.8 Å². The van der Waals surface area contributed by atoms with Crippen LogP contribution in [-0.4, -0.2) is 6.61 Å². The number of halogens is 7. The van der Waals surface area contributed by atoms with Gasteiger partial charge in [0.2, 0.25) is 0 Å². The fourth-order valence-corrected chi connectivity index (χ4v) is 2.12. The van der Waals surface area contributed by atoms with Crippen molar-refractivity contribution in [2.24, 2.45) is 5.73 Å². The zero-order chi connectivity index (χ0) is 19.8. The molecular weight excluding hydrogens is 373 g/mol. The first kappa shape index (κ1) is 19.2. The van der Waals surface area contributed by atoms with Crippen LogP contribution in [0.5, 0.6) is 0 Å². The van der Waals surface area contributed by atoms with E-state index in [4.69, 9.17) is 15.7 Å². The van der Waals surface area contributed by atoms with E-state index in [1.54, 1.807) is 6.07 Å². The molecule has 2 rings (SSSR count). The lowest BCUT2D eigenvalue weighted by Gasteiger charge is -2.23. The van der Waals surface area contributed by atoms with Crippen LogP contribution in [0.3, 0.4) is 0 Å². The number of nitriles is 1. The molecule has 0 atom stereocenters. The maximum absolute atomic E-state index is 14.2. The fraction of sp³-hybridized carbons (Fsp3) is 0.214. The van der Waals surface area contributed by atoms with Crippen LogP contribution in [-0.2, 0) is 10.9 Å². The Hall–Kier alpha value is -3.10. The van der Waals surface area contributed by atoms with Crippen molar-refractivity contribution in [2.75, 3.05) is 11.6 Å². The molecule has 0 radical (unpaired) electrons. The van der Waals surface area contributed by atoms with Crippen molar-refractivity contribution in [2.45, 2.75) is 13.1 Å². The SMILES string of the molecule is CCOC=C1C(C#N)=C(N)NN1c1c(F)c(F)c(C(F)(F)F)c(F)c1F. The maximum Gasteiger partial charge on any atom is 0.422 e. The molecule has 3 N–H and O–H groups in total. The van der Waals surface area contributed by atoms with Gasteiger partial charge < -0.3 is 10.5 Å². The molecule has 1 aromatic carbocycles. The van der Waals surface area contributed by atoms with Crippen LogP contribution in [0.15, 0.2) is 23.4 Å². The largest absolute Gasteiger partial charge is 0.499 e. The van der Waals surface area contributed by atoms with E-state index in [0.29, 0.717) is 0 Å². The van der Waals surface area contributed by atoms with Crippen LogP contribution in [0.25, 0.3) is 0 Å². The fourth-order valence-electron chi connectivity index (χ4n) is 2.12. The molecule has 26 heavy (non-hydrogen) atoms. The highest BCUT2D eigenvalue weighted by atomic mass is 19.4. The number of allylic oxidation sites excluding steroid dienone is 1. The molecule has 1 aliphatic rings. The Morgan fingerprint density at radius 2 is 1.69 bits per heavy atom. The van der Waals surface area contributed by atoms with Crippen molar-refractivity contribution in [3.05, 3.63) is 52.2 Å². The van der Waals surface area contributed by atoms with Crippen LogP contribution >= 0.6 is 0 Å². The van der Waals surface area contributed by atoms with E-state index in [9.17, 15) is 30.7 Å². The first-order valence-electron chi connectivity index (χ1n) is 6.78. The van der Waals surface area contributed by atoms with E-state index in [1.807, 2.05) is 5.43 Å². The molecule has 0 unspecified atom stereocenters. The number of anilines is 1. The molecule has 0 amide bonds. The predicted octanol–water partition coefficient (Wildman–Crippen LogP) is 3.16. The Labute approximate surface area is 141 Å². The Kier molecular flexibility index (Phi) is 4.93. The molecule has 140 valence electrons. The zero-order valence-corrected chi connectivity index (χ0v) is 12.8. The third-order valence-electron chi connectivity index (χ3n) is 3.22. The Bertz CT molecular complexity index is 825. The quantitative estimate of drug-likeness (QED) is 0.477. The molecule has 0 fully saturated rings. The normalized spacial score (nSPS) is 16.1. The van der Waals surface area contributed by atoms with Crippen LogP contribution in [0, 0.1) is 34.6 Å². The molecule has 0 aromatic heterocycles. The highest BCUT2D eigenvalue weighted by molar-refractivity contribution is 5.65. The molecule has 12 heteroatoms. The minimum Gasteiger partial charge on any atom is -0.499 e. The number of nitrogens with zero attached hydrogens (tertiary/aromatic N) is 2. The Balaban J connectivity index is 2.72. The lowest BCUT2D eigenvalue weighted by atomic mass is 10.1. The summed E-state index contributed by atoms with van der Waals surface area (Å²) in [6.07, 6.45) is -4.87. The second-order valence-corrected chi connectivity index (χ2v) is 4.78. The minimum atomic E-state index is -5.67. The number of hydrogen-bond donors (Lipinski definition) is 2. The van der Waals surface area contributed by atoms with Gasteiger partial charge in [-0.15, -0.1) is 0 Å². The van der Waals surface area contributed by atoms with Gasteiger partial charge in [0.1, 0.15) is 40.7 Å². The summed E-state index contributed by atoms with van der Waals surface area (Å²) in [5.41, 5.74) is 2.36. The highest BCUT2D eigenvalue weighted by Crippen LogP contribution is 2.41. The topological polar surface area (TPSA) is 74.3 Å². The predicted molar refractivity (Wildman–Crippen MR) is 73.4 cm³/mol. The average molecular weight is 382 g/mol. The molecule has 0 saturated heterocycles. The second-order valence-electron chi connectivity index (χ2n) is 4.78. The summed E-state index contributed by atoms with van der Waals surface area (Å²) in [7, 11) is 0. The van der Waals surface area contributed by atoms with Gasteiger partial charge in [0.05, 0.1) is 6.61 Å². The van der Waals surface area contributed by atoms with Gasteiger partial charge in [-0.05, 0) is 6.92 Å².